The van der Waals surface area contributed by atoms with Crippen LogP contribution in [-0.2, 0) is 4.79 Å². The molecule has 0 aliphatic carbocycles. The Balaban J connectivity index is 1.49. The monoisotopic (exact) mass is 406 g/mol. The smallest absolute Gasteiger partial charge is 0.222 e. The summed E-state index contributed by atoms with van der Waals surface area (Å²) in [5.41, 5.74) is 3.31. The third kappa shape index (κ3) is 4.70. The second-order valence-corrected chi connectivity index (χ2v) is 8.45. The molecular formula is C23H26N4OS. The summed E-state index contributed by atoms with van der Waals surface area (Å²) in [7, 11) is 0. The van der Waals surface area contributed by atoms with E-state index in [2.05, 4.69) is 58.1 Å². The summed E-state index contributed by atoms with van der Waals surface area (Å²) in [4.78, 5) is 14.2. The van der Waals surface area contributed by atoms with Gasteiger partial charge in [0.25, 0.3) is 0 Å². The molecule has 5 nitrogen and oxygen atoms in total. The first kappa shape index (κ1) is 19.7. The molecule has 1 saturated heterocycles. The summed E-state index contributed by atoms with van der Waals surface area (Å²) in [5.74, 6) is 1.97. The highest BCUT2D eigenvalue weighted by atomic mass is 32.2. The molecule has 1 aromatic heterocycles. The molecule has 2 aromatic carbocycles. The van der Waals surface area contributed by atoms with Crippen molar-refractivity contribution < 1.29 is 4.79 Å². The van der Waals surface area contributed by atoms with E-state index < -0.39 is 0 Å². The lowest BCUT2D eigenvalue weighted by atomic mass is 10.2. The zero-order valence-corrected chi connectivity index (χ0v) is 17.6. The third-order valence-electron chi connectivity index (χ3n) is 5.18. The third-order valence-corrected chi connectivity index (χ3v) is 6.20. The normalized spacial score (nSPS) is 13.8. The zero-order valence-electron chi connectivity index (χ0n) is 16.8. The van der Waals surface area contributed by atoms with Crippen LogP contribution in [0.25, 0.3) is 17.1 Å². The lowest BCUT2D eigenvalue weighted by molar-refractivity contribution is -0.130. The first-order chi connectivity index (χ1) is 14.2. The van der Waals surface area contributed by atoms with E-state index in [1.54, 1.807) is 11.8 Å². The van der Waals surface area contributed by atoms with Gasteiger partial charge in [-0.05, 0) is 38.3 Å². The number of aryl methyl sites for hydroxylation is 1. The van der Waals surface area contributed by atoms with E-state index in [1.807, 2.05) is 23.1 Å². The Morgan fingerprint density at radius 2 is 1.72 bits per heavy atom. The Labute approximate surface area is 176 Å². The first-order valence-electron chi connectivity index (χ1n) is 10.2. The second-order valence-electron chi connectivity index (χ2n) is 7.38. The van der Waals surface area contributed by atoms with E-state index in [0.29, 0.717) is 6.42 Å². The standard InChI is InChI=1S/C23H26N4OS/c1-18-11-13-20(14-12-18)27-22(19-8-3-2-4-9-19)24-25-23(27)29-17-7-10-21(28)26-15-5-6-16-26/h2-4,8-9,11-14H,5-7,10,15-17H2,1H3. The highest BCUT2D eigenvalue weighted by molar-refractivity contribution is 7.99. The van der Waals surface area contributed by atoms with Crippen molar-refractivity contribution >= 4 is 17.7 Å². The summed E-state index contributed by atoms with van der Waals surface area (Å²) in [6, 6.07) is 18.6. The highest BCUT2D eigenvalue weighted by Gasteiger charge is 2.18. The summed E-state index contributed by atoms with van der Waals surface area (Å²) >= 11 is 1.66. The molecule has 6 heteroatoms. The van der Waals surface area contributed by atoms with Crippen LogP contribution in [0.4, 0.5) is 0 Å². The lowest BCUT2D eigenvalue weighted by Gasteiger charge is -2.14. The van der Waals surface area contributed by atoms with Crippen molar-refractivity contribution in [3.8, 4) is 17.1 Å². The Morgan fingerprint density at radius 3 is 2.45 bits per heavy atom. The Bertz CT molecular complexity index is 947. The Hall–Kier alpha value is -2.60. The zero-order chi connectivity index (χ0) is 20.1. The van der Waals surface area contributed by atoms with E-state index in [0.717, 1.165) is 60.3 Å². The van der Waals surface area contributed by atoms with Crippen LogP contribution in [0.5, 0.6) is 0 Å². The number of carbonyl (C=O) groups excluding carboxylic acids is 1. The molecule has 0 N–H and O–H groups in total. The van der Waals surface area contributed by atoms with Crippen LogP contribution in [0.1, 0.15) is 31.2 Å². The van der Waals surface area contributed by atoms with Crippen molar-refractivity contribution in [2.75, 3.05) is 18.8 Å². The van der Waals surface area contributed by atoms with Gasteiger partial charge >= 0.3 is 0 Å². The average molecular weight is 407 g/mol. The van der Waals surface area contributed by atoms with Crippen LogP contribution < -0.4 is 0 Å². The molecule has 1 aliphatic heterocycles. The number of nitrogens with zero attached hydrogens (tertiary/aromatic N) is 4. The Kier molecular flexibility index (Phi) is 6.30. The summed E-state index contributed by atoms with van der Waals surface area (Å²) < 4.78 is 2.11. The molecule has 2 heterocycles. The van der Waals surface area contributed by atoms with E-state index in [4.69, 9.17) is 0 Å². The Morgan fingerprint density at radius 1 is 1.00 bits per heavy atom. The lowest BCUT2D eigenvalue weighted by Crippen LogP contribution is -2.27. The van der Waals surface area contributed by atoms with Crippen molar-refractivity contribution in [1.82, 2.24) is 19.7 Å². The summed E-state index contributed by atoms with van der Waals surface area (Å²) in [5, 5.41) is 9.81. The van der Waals surface area contributed by atoms with Crippen molar-refractivity contribution in [3.63, 3.8) is 0 Å². The van der Waals surface area contributed by atoms with Crippen LogP contribution in [0.15, 0.2) is 59.8 Å². The molecule has 3 aromatic rings. The maximum absolute atomic E-state index is 12.2. The number of likely N-dealkylation sites (tertiary alicyclic amines) is 1. The average Bonchev–Trinajstić information content (AvgIpc) is 3.43. The van der Waals surface area contributed by atoms with Gasteiger partial charge in [-0.3, -0.25) is 9.36 Å². The van der Waals surface area contributed by atoms with Gasteiger partial charge in [-0.1, -0.05) is 59.8 Å². The molecule has 0 saturated carbocycles. The number of carbonyl (C=O) groups is 1. The number of hydrogen-bond acceptors (Lipinski definition) is 4. The van der Waals surface area contributed by atoms with Crippen LogP contribution in [0, 0.1) is 6.92 Å². The molecule has 0 unspecified atom stereocenters. The SMILES string of the molecule is Cc1ccc(-n2c(SCCCC(=O)N3CCCC3)nnc2-c2ccccc2)cc1. The maximum atomic E-state index is 12.2. The maximum Gasteiger partial charge on any atom is 0.222 e. The van der Waals surface area contributed by atoms with E-state index in [9.17, 15) is 4.79 Å². The predicted molar refractivity (Wildman–Crippen MR) is 117 cm³/mol. The van der Waals surface area contributed by atoms with E-state index >= 15 is 0 Å². The van der Waals surface area contributed by atoms with Gasteiger partial charge in [-0.25, -0.2) is 0 Å². The molecule has 0 spiro atoms. The molecule has 0 bridgehead atoms. The summed E-state index contributed by atoms with van der Waals surface area (Å²) in [6.07, 6.45) is 3.74. The molecule has 0 atom stereocenters. The number of thioether (sulfide) groups is 1. The summed E-state index contributed by atoms with van der Waals surface area (Å²) in [6.45, 7) is 3.93. The van der Waals surface area contributed by atoms with Gasteiger partial charge in [-0.2, -0.15) is 0 Å². The van der Waals surface area contributed by atoms with E-state index in [1.165, 1.54) is 5.56 Å². The largest absolute Gasteiger partial charge is 0.343 e. The van der Waals surface area contributed by atoms with Gasteiger partial charge in [0.2, 0.25) is 5.91 Å². The molecule has 1 amide bonds. The van der Waals surface area contributed by atoms with Crippen molar-refractivity contribution in [2.24, 2.45) is 0 Å². The molecule has 1 aliphatic rings. The minimum atomic E-state index is 0.285. The van der Waals surface area contributed by atoms with Crippen molar-refractivity contribution in [3.05, 3.63) is 60.2 Å². The molecule has 150 valence electrons. The van der Waals surface area contributed by atoms with E-state index in [-0.39, 0.29) is 5.91 Å². The fourth-order valence-corrected chi connectivity index (χ4v) is 4.47. The van der Waals surface area contributed by atoms with Gasteiger partial charge in [0.1, 0.15) is 0 Å². The topological polar surface area (TPSA) is 51.0 Å². The molecule has 0 radical (unpaired) electrons. The number of hydrogen-bond donors (Lipinski definition) is 0. The predicted octanol–water partition coefficient (Wildman–Crippen LogP) is 4.74. The second kappa shape index (κ2) is 9.27. The minimum Gasteiger partial charge on any atom is -0.343 e. The van der Waals surface area contributed by atoms with Gasteiger partial charge in [0.15, 0.2) is 11.0 Å². The number of aromatic nitrogens is 3. The van der Waals surface area contributed by atoms with Gasteiger partial charge < -0.3 is 4.90 Å². The fraction of sp³-hybridized carbons (Fsp3) is 0.348. The quantitative estimate of drug-likeness (QED) is 0.420. The number of amides is 1. The molecule has 29 heavy (non-hydrogen) atoms. The van der Waals surface area contributed by atoms with Gasteiger partial charge in [0.05, 0.1) is 0 Å². The van der Waals surface area contributed by atoms with Crippen LogP contribution in [-0.4, -0.2) is 44.4 Å². The van der Waals surface area contributed by atoms with Crippen molar-refractivity contribution in [1.29, 1.82) is 0 Å². The fourth-order valence-electron chi connectivity index (χ4n) is 3.58. The minimum absolute atomic E-state index is 0.285. The van der Waals surface area contributed by atoms with Gasteiger partial charge in [-0.15, -0.1) is 10.2 Å². The van der Waals surface area contributed by atoms with Crippen LogP contribution in [0.2, 0.25) is 0 Å². The first-order valence-corrected chi connectivity index (χ1v) is 11.2. The van der Waals surface area contributed by atoms with Gasteiger partial charge in [0, 0.05) is 36.5 Å². The number of benzene rings is 2. The van der Waals surface area contributed by atoms with Crippen molar-refractivity contribution in [2.45, 2.75) is 37.8 Å². The number of rotatable bonds is 7. The van der Waals surface area contributed by atoms with Crippen LogP contribution in [0.3, 0.4) is 0 Å². The highest BCUT2D eigenvalue weighted by Crippen LogP contribution is 2.28. The van der Waals surface area contributed by atoms with Crippen LogP contribution >= 0.6 is 11.8 Å². The molecule has 4 rings (SSSR count). The molecular weight excluding hydrogens is 380 g/mol. The molecule has 1 fully saturated rings.